The van der Waals surface area contributed by atoms with Gasteiger partial charge in [-0.3, -0.25) is 19.2 Å². The van der Waals surface area contributed by atoms with Gasteiger partial charge in [0.05, 0.1) is 24.9 Å². The Balaban J connectivity index is 1.64. The van der Waals surface area contributed by atoms with Crippen LogP contribution in [-0.4, -0.2) is 90.2 Å². The van der Waals surface area contributed by atoms with Crippen LogP contribution >= 0.6 is 0 Å². The number of likely N-dealkylation sites (N-methyl/N-ethyl adjacent to an activating group) is 1. The first kappa shape index (κ1) is 38.6. The molecule has 1 aromatic carbocycles. The molecule has 3 N–H and O–H groups in total. The minimum atomic E-state index is -1.07. The molecule has 1 saturated heterocycles. The minimum Gasteiger partial charge on any atom is -0.493 e. The Labute approximate surface area is 295 Å². The number of alkyl carbamates (subject to hydrolysis) is 1. The number of amides is 4. The van der Waals surface area contributed by atoms with Gasteiger partial charge < -0.3 is 35.2 Å². The lowest BCUT2D eigenvalue weighted by Crippen LogP contribution is -2.59. The van der Waals surface area contributed by atoms with Crippen LogP contribution < -0.4 is 20.7 Å². The molecule has 4 rings (SSSR count). The predicted octanol–water partition coefficient (Wildman–Crippen LogP) is 4.10. The monoisotopic (exact) mass is 697 g/mol. The van der Waals surface area contributed by atoms with Crippen LogP contribution in [-0.2, 0) is 28.8 Å². The lowest BCUT2D eigenvalue weighted by atomic mass is 9.85. The second kappa shape index (κ2) is 15.8. The Kier molecular flexibility index (Phi) is 12.2. The number of carbonyl (C=O) groups excluding carboxylic acids is 5. The SMILES string of the molecule is CCCC(C)OC(=O)N[C@H](C(=O)N1C[C@@]2(CC(c3cc(C)c(OCC)c(C)c3)=NO2)C[C@H]1C(=O)N[C@@H](CC1CC1)C(=O)C(=O)NC)C(C)(C)C. The van der Waals surface area contributed by atoms with Gasteiger partial charge in [-0.25, -0.2) is 4.79 Å². The van der Waals surface area contributed by atoms with E-state index in [2.05, 4.69) is 21.1 Å². The summed E-state index contributed by atoms with van der Waals surface area (Å²) in [6, 6.07) is 0.808. The van der Waals surface area contributed by atoms with Crippen molar-refractivity contribution in [3.8, 4) is 5.75 Å². The van der Waals surface area contributed by atoms with Crippen LogP contribution in [0.3, 0.4) is 0 Å². The summed E-state index contributed by atoms with van der Waals surface area (Å²) in [6.45, 7) is 15.7. The van der Waals surface area contributed by atoms with Crippen LogP contribution in [0, 0.1) is 25.2 Å². The minimum absolute atomic E-state index is 0.0120. The lowest BCUT2D eigenvalue weighted by molar-refractivity contribution is -0.144. The van der Waals surface area contributed by atoms with E-state index in [1.165, 1.54) is 11.9 Å². The van der Waals surface area contributed by atoms with Gasteiger partial charge in [-0.2, -0.15) is 0 Å². The predicted molar refractivity (Wildman–Crippen MR) is 188 cm³/mol. The maximum atomic E-state index is 14.5. The number of hydrogen-bond donors (Lipinski definition) is 3. The van der Waals surface area contributed by atoms with E-state index >= 15 is 0 Å². The number of ether oxygens (including phenoxy) is 2. The number of carbonyl (C=O) groups is 5. The number of nitrogens with zero attached hydrogens (tertiary/aromatic N) is 2. The lowest BCUT2D eigenvalue weighted by Gasteiger charge is -2.35. The summed E-state index contributed by atoms with van der Waals surface area (Å²) in [4.78, 5) is 74.7. The topological polar surface area (TPSA) is 165 Å². The van der Waals surface area contributed by atoms with Crippen molar-refractivity contribution in [1.82, 2.24) is 20.9 Å². The van der Waals surface area contributed by atoms with E-state index in [0.29, 0.717) is 31.6 Å². The third kappa shape index (κ3) is 9.14. The van der Waals surface area contributed by atoms with Crippen molar-refractivity contribution in [1.29, 1.82) is 0 Å². The average molecular weight is 698 g/mol. The summed E-state index contributed by atoms with van der Waals surface area (Å²) in [6.07, 6.45) is 2.99. The number of ketones is 1. The highest BCUT2D eigenvalue weighted by Crippen LogP contribution is 2.41. The first-order chi connectivity index (χ1) is 23.5. The molecule has 2 fully saturated rings. The fraction of sp³-hybridized carbons (Fsp3) is 0.676. The molecule has 3 aliphatic rings. The molecule has 1 spiro atoms. The first-order valence-electron chi connectivity index (χ1n) is 17.9. The molecule has 0 bridgehead atoms. The van der Waals surface area contributed by atoms with E-state index in [-0.39, 0.29) is 25.0 Å². The molecule has 276 valence electrons. The van der Waals surface area contributed by atoms with E-state index in [0.717, 1.165) is 41.7 Å². The highest BCUT2D eigenvalue weighted by Gasteiger charge is 2.56. The molecule has 1 unspecified atom stereocenters. The normalized spacial score (nSPS) is 21.8. The second-order valence-electron chi connectivity index (χ2n) is 15.2. The molecule has 2 aliphatic heterocycles. The van der Waals surface area contributed by atoms with E-state index in [9.17, 15) is 24.0 Å². The molecule has 1 aromatic rings. The van der Waals surface area contributed by atoms with Crippen molar-refractivity contribution in [2.24, 2.45) is 16.5 Å². The number of likely N-dealkylation sites (tertiary alicyclic amines) is 1. The van der Waals surface area contributed by atoms with E-state index < -0.39 is 58.7 Å². The summed E-state index contributed by atoms with van der Waals surface area (Å²) < 4.78 is 11.4. The summed E-state index contributed by atoms with van der Waals surface area (Å²) in [7, 11) is 1.37. The Bertz CT molecular complexity index is 1480. The van der Waals surface area contributed by atoms with Gasteiger partial charge in [0.1, 0.15) is 23.9 Å². The molecule has 2 heterocycles. The Hall–Kier alpha value is -4.16. The highest BCUT2D eigenvalue weighted by atomic mass is 16.7. The summed E-state index contributed by atoms with van der Waals surface area (Å²) in [5, 5.41) is 12.4. The van der Waals surface area contributed by atoms with Gasteiger partial charge in [0.25, 0.3) is 5.91 Å². The smallest absolute Gasteiger partial charge is 0.408 e. The third-order valence-corrected chi connectivity index (χ3v) is 9.64. The molecule has 4 amide bonds. The summed E-state index contributed by atoms with van der Waals surface area (Å²) >= 11 is 0. The van der Waals surface area contributed by atoms with Crippen molar-refractivity contribution in [2.45, 2.75) is 130 Å². The van der Waals surface area contributed by atoms with Gasteiger partial charge in [-0.15, -0.1) is 0 Å². The van der Waals surface area contributed by atoms with Crippen LogP contribution in [0.4, 0.5) is 4.79 Å². The van der Waals surface area contributed by atoms with Crippen molar-refractivity contribution < 1.29 is 38.3 Å². The van der Waals surface area contributed by atoms with Gasteiger partial charge in [-0.05, 0) is 75.1 Å². The van der Waals surface area contributed by atoms with Crippen LogP contribution in [0.2, 0.25) is 0 Å². The molecule has 13 nitrogen and oxygen atoms in total. The summed E-state index contributed by atoms with van der Waals surface area (Å²) in [5.41, 5.74) is 1.63. The highest BCUT2D eigenvalue weighted by molar-refractivity contribution is 6.38. The molecule has 50 heavy (non-hydrogen) atoms. The number of aryl methyl sites for hydroxylation is 2. The summed E-state index contributed by atoms with van der Waals surface area (Å²) in [5.74, 6) is -1.55. The van der Waals surface area contributed by atoms with Crippen molar-refractivity contribution in [3.63, 3.8) is 0 Å². The van der Waals surface area contributed by atoms with Crippen LogP contribution in [0.15, 0.2) is 17.3 Å². The van der Waals surface area contributed by atoms with Crippen molar-refractivity contribution in [2.75, 3.05) is 20.2 Å². The molecule has 0 radical (unpaired) electrons. The van der Waals surface area contributed by atoms with Gasteiger partial charge >= 0.3 is 6.09 Å². The standard InChI is InChI=1S/C37H55N5O8/c1-10-12-23(5)49-35(47)40-31(36(6,7)8)34(46)42-20-37(18-27(41-50-37)25-15-21(3)30(48-11-2)22(4)16-25)19-28(42)32(44)39-26(17-24-13-14-24)29(43)33(45)38-9/h15-16,23-24,26,28,31H,10-14,17-20H2,1-9H3,(H,38,45)(H,39,44)(H,40,47)/t23?,26-,28-,31+,37+/m0/s1. The average Bonchev–Trinajstić information content (AvgIpc) is 3.65. The van der Waals surface area contributed by atoms with Crippen molar-refractivity contribution in [3.05, 3.63) is 28.8 Å². The number of nitrogens with one attached hydrogen (secondary N) is 3. The molecule has 1 saturated carbocycles. The molecule has 1 aliphatic carbocycles. The molecule has 5 atom stereocenters. The Morgan fingerprint density at radius 1 is 1.08 bits per heavy atom. The number of Topliss-reactive ketones (excluding diaryl/α,β-unsaturated/α-hetero) is 1. The van der Waals surface area contributed by atoms with E-state index in [1.807, 2.05) is 60.6 Å². The number of rotatable bonds is 14. The van der Waals surface area contributed by atoms with E-state index in [1.54, 1.807) is 6.92 Å². The van der Waals surface area contributed by atoms with Crippen molar-refractivity contribution >= 4 is 35.3 Å². The zero-order valence-corrected chi connectivity index (χ0v) is 31.1. The largest absolute Gasteiger partial charge is 0.493 e. The zero-order valence-electron chi connectivity index (χ0n) is 31.1. The molecule has 13 heteroatoms. The second-order valence-corrected chi connectivity index (χ2v) is 15.2. The number of hydrogen-bond acceptors (Lipinski definition) is 9. The first-order valence-corrected chi connectivity index (χ1v) is 17.9. The van der Waals surface area contributed by atoms with Gasteiger partial charge in [0.2, 0.25) is 17.6 Å². The Morgan fingerprint density at radius 3 is 2.30 bits per heavy atom. The van der Waals surface area contributed by atoms with Gasteiger partial charge in [0.15, 0.2) is 5.60 Å². The van der Waals surface area contributed by atoms with E-state index in [4.69, 9.17) is 14.3 Å². The Morgan fingerprint density at radius 2 is 1.74 bits per heavy atom. The molecular formula is C37H55N5O8. The maximum absolute atomic E-state index is 14.5. The fourth-order valence-electron chi connectivity index (χ4n) is 6.86. The van der Waals surface area contributed by atoms with Gasteiger partial charge in [-0.1, -0.05) is 52.1 Å². The molecular weight excluding hydrogens is 642 g/mol. The van der Waals surface area contributed by atoms with Crippen LogP contribution in [0.25, 0.3) is 0 Å². The number of benzene rings is 1. The molecule has 0 aromatic heterocycles. The van der Waals surface area contributed by atoms with Crippen LogP contribution in [0.5, 0.6) is 5.75 Å². The zero-order chi connectivity index (χ0) is 37.0. The van der Waals surface area contributed by atoms with Crippen LogP contribution in [0.1, 0.15) is 103 Å². The fourth-order valence-corrected chi connectivity index (χ4v) is 6.86. The third-order valence-electron chi connectivity index (χ3n) is 9.64. The number of oxime groups is 1. The maximum Gasteiger partial charge on any atom is 0.408 e. The quantitative estimate of drug-likeness (QED) is 0.245. The van der Waals surface area contributed by atoms with Gasteiger partial charge in [0, 0.05) is 25.5 Å².